The Kier molecular flexibility index (Phi) is 4.88. The summed E-state index contributed by atoms with van der Waals surface area (Å²) in [6, 6.07) is 10.3. The highest BCUT2D eigenvalue weighted by Gasteiger charge is 2.18. The van der Waals surface area contributed by atoms with Crippen molar-refractivity contribution in [3.63, 3.8) is 0 Å². The lowest BCUT2D eigenvalue weighted by Crippen LogP contribution is -2.18. The van der Waals surface area contributed by atoms with E-state index < -0.39 is 0 Å². The van der Waals surface area contributed by atoms with Gasteiger partial charge in [-0.2, -0.15) is 16.4 Å². The highest BCUT2D eigenvalue weighted by atomic mass is 32.1. The minimum Gasteiger partial charge on any atom is -0.335 e. The van der Waals surface area contributed by atoms with Crippen molar-refractivity contribution in [2.75, 3.05) is 13.1 Å². The van der Waals surface area contributed by atoms with Crippen LogP contribution in [-0.4, -0.2) is 53.1 Å². The van der Waals surface area contributed by atoms with Gasteiger partial charge < -0.3 is 4.98 Å². The molecular formula is C26H22N8S. The molecule has 1 aliphatic heterocycles. The minimum absolute atomic E-state index is 0.645. The zero-order chi connectivity index (χ0) is 23.2. The highest BCUT2D eigenvalue weighted by Crippen LogP contribution is 2.32. The number of hydrogen-bond donors (Lipinski definition) is 2. The third-order valence-corrected chi connectivity index (χ3v) is 7.24. The van der Waals surface area contributed by atoms with E-state index in [1.807, 2.05) is 30.6 Å². The standard InChI is InChI=1S/C26H22N8S/c1-2-9-34(8-1)14-16-11-18(13-27-12-16)20-3-4-21-23(29-20)24(33-32-21)26-30-22-19(17-6-10-35-15-17)5-7-28-25(22)31-26/h3-7,10-13,15H,1-2,8-9,14H2,(H,32,33)(H,28,30,31). The number of H-pyrrole nitrogens is 2. The second kappa shape index (κ2) is 8.37. The summed E-state index contributed by atoms with van der Waals surface area (Å²) < 4.78 is 0. The maximum atomic E-state index is 4.97. The molecule has 8 nitrogen and oxygen atoms in total. The number of aromatic amines is 2. The van der Waals surface area contributed by atoms with Crippen LogP contribution >= 0.6 is 11.3 Å². The molecule has 1 fully saturated rings. The van der Waals surface area contributed by atoms with Gasteiger partial charge in [0.15, 0.2) is 17.2 Å². The molecule has 1 aliphatic rings. The fourth-order valence-corrected chi connectivity index (χ4v) is 5.48. The van der Waals surface area contributed by atoms with Crippen molar-refractivity contribution in [3.8, 4) is 33.9 Å². The van der Waals surface area contributed by atoms with Gasteiger partial charge in [-0.3, -0.25) is 15.0 Å². The summed E-state index contributed by atoms with van der Waals surface area (Å²) in [6.45, 7) is 3.25. The topological polar surface area (TPSA) is 99.3 Å². The van der Waals surface area contributed by atoms with Crippen molar-refractivity contribution in [1.82, 2.24) is 40.0 Å². The molecule has 6 aromatic heterocycles. The largest absolute Gasteiger partial charge is 0.335 e. The van der Waals surface area contributed by atoms with Crippen LogP contribution in [0.1, 0.15) is 18.4 Å². The average Bonchev–Trinajstić information content (AvgIpc) is 3.70. The van der Waals surface area contributed by atoms with Gasteiger partial charge >= 0.3 is 0 Å². The molecule has 7 heterocycles. The monoisotopic (exact) mass is 478 g/mol. The molecule has 0 amide bonds. The molecule has 1 saturated heterocycles. The number of fused-ring (bicyclic) bond motifs is 2. The molecule has 0 aliphatic carbocycles. The smallest absolute Gasteiger partial charge is 0.178 e. The molecule has 0 bridgehead atoms. The van der Waals surface area contributed by atoms with Crippen LogP contribution in [0.3, 0.4) is 0 Å². The van der Waals surface area contributed by atoms with Crippen LogP contribution in [0.2, 0.25) is 0 Å². The SMILES string of the molecule is c1cc(-c2ccsc2)c2[nH]c(-c3n[nH]c4ccc(-c5cncc(CN6CCCC6)c5)nc34)nc2n1. The van der Waals surface area contributed by atoms with Gasteiger partial charge in [-0.05, 0) is 78.2 Å². The Morgan fingerprint density at radius 3 is 2.83 bits per heavy atom. The summed E-state index contributed by atoms with van der Waals surface area (Å²) in [5.74, 6) is 0.645. The van der Waals surface area contributed by atoms with Crippen LogP contribution in [0.4, 0.5) is 0 Å². The second-order valence-corrected chi connectivity index (χ2v) is 9.66. The number of hydrogen-bond acceptors (Lipinski definition) is 7. The summed E-state index contributed by atoms with van der Waals surface area (Å²) >= 11 is 1.67. The number of imidazole rings is 1. The zero-order valence-electron chi connectivity index (χ0n) is 18.9. The first-order valence-corrected chi connectivity index (χ1v) is 12.7. The molecule has 0 aromatic carbocycles. The van der Waals surface area contributed by atoms with Crippen LogP contribution in [0, 0.1) is 0 Å². The quantitative estimate of drug-likeness (QED) is 0.350. The molecule has 0 saturated carbocycles. The lowest BCUT2D eigenvalue weighted by atomic mass is 10.1. The molecule has 172 valence electrons. The summed E-state index contributed by atoms with van der Waals surface area (Å²) in [7, 11) is 0. The molecule has 9 heteroatoms. The number of nitrogens with one attached hydrogen (secondary N) is 2. The van der Waals surface area contributed by atoms with E-state index in [1.165, 1.54) is 18.4 Å². The van der Waals surface area contributed by atoms with Gasteiger partial charge in [0.2, 0.25) is 0 Å². The third kappa shape index (κ3) is 3.69. The minimum atomic E-state index is 0.645. The predicted octanol–water partition coefficient (Wildman–Crippen LogP) is 5.28. The van der Waals surface area contributed by atoms with Crippen LogP contribution in [0.25, 0.3) is 56.1 Å². The molecule has 0 radical (unpaired) electrons. The Hall–Kier alpha value is -3.95. The summed E-state index contributed by atoms with van der Waals surface area (Å²) in [5.41, 5.74) is 9.16. The predicted molar refractivity (Wildman–Crippen MR) is 138 cm³/mol. The van der Waals surface area contributed by atoms with E-state index >= 15 is 0 Å². The van der Waals surface area contributed by atoms with Gasteiger partial charge in [-0.15, -0.1) is 0 Å². The first-order valence-electron chi connectivity index (χ1n) is 11.7. The van der Waals surface area contributed by atoms with Gasteiger partial charge in [-0.25, -0.2) is 15.0 Å². The fraction of sp³-hybridized carbons (Fsp3) is 0.192. The maximum absolute atomic E-state index is 4.97. The van der Waals surface area contributed by atoms with Crippen LogP contribution in [0.15, 0.2) is 59.7 Å². The van der Waals surface area contributed by atoms with Crippen molar-refractivity contribution in [2.45, 2.75) is 19.4 Å². The fourth-order valence-electron chi connectivity index (χ4n) is 4.82. The molecule has 0 unspecified atom stereocenters. The zero-order valence-corrected chi connectivity index (χ0v) is 19.7. The van der Waals surface area contributed by atoms with E-state index in [0.717, 1.165) is 58.6 Å². The third-order valence-electron chi connectivity index (χ3n) is 6.55. The molecule has 6 aromatic rings. The number of rotatable bonds is 5. The Morgan fingerprint density at radius 2 is 1.94 bits per heavy atom. The van der Waals surface area contributed by atoms with E-state index in [9.17, 15) is 0 Å². The van der Waals surface area contributed by atoms with Gasteiger partial charge in [0.1, 0.15) is 5.52 Å². The van der Waals surface area contributed by atoms with Crippen molar-refractivity contribution in [3.05, 3.63) is 65.2 Å². The van der Waals surface area contributed by atoms with E-state index in [-0.39, 0.29) is 0 Å². The first kappa shape index (κ1) is 20.4. The maximum Gasteiger partial charge on any atom is 0.178 e. The van der Waals surface area contributed by atoms with E-state index in [4.69, 9.17) is 9.97 Å². The van der Waals surface area contributed by atoms with Crippen LogP contribution < -0.4 is 0 Å². The molecule has 35 heavy (non-hydrogen) atoms. The Balaban J connectivity index is 1.28. The van der Waals surface area contributed by atoms with Gasteiger partial charge in [0, 0.05) is 36.3 Å². The van der Waals surface area contributed by atoms with E-state index in [2.05, 4.69) is 52.9 Å². The van der Waals surface area contributed by atoms with Crippen molar-refractivity contribution < 1.29 is 0 Å². The number of thiophene rings is 1. The molecule has 0 atom stereocenters. The van der Waals surface area contributed by atoms with Gasteiger partial charge in [0.25, 0.3) is 0 Å². The van der Waals surface area contributed by atoms with E-state index in [1.54, 1.807) is 17.5 Å². The number of nitrogens with zero attached hydrogens (tertiary/aromatic N) is 6. The molecule has 7 rings (SSSR count). The lowest BCUT2D eigenvalue weighted by Gasteiger charge is -2.14. The Labute approximate surface area is 205 Å². The van der Waals surface area contributed by atoms with Gasteiger partial charge in [0.05, 0.1) is 16.7 Å². The summed E-state index contributed by atoms with van der Waals surface area (Å²) in [6.07, 6.45) is 8.18. The molecular weight excluding hydrogens is 456 g/mol. The van der Waals surface area contributed by atoms with Gasteiger partial charge in [-0.1, -0.05) is 0 Å². The summed E-state index contributed by atoms with van der Waals surface area (Å²) in [4.78, 5) is 24.6. The normalized spacial score (nSPS) is 14.4. The first-order chi connectivity index (χ1) is 17.3. The second-order valence-electron chi connectivity index (χ2n) is 8.88. The van der Waals surface area contributed by atoms with Crippen molar-refractivity contribution >= 4 is 33.5 Å². The van der Waals surface area contributed by atoms with E-state index in [0.29, 0.717) is 17.2 Å². The average molecular weight is 479 g/mol. The lowest BCUT2D eigenvalue weighted by molar-refractivity contribution is 0.331. The molecule has 0 spiro atoms. The molecule has 2 N–H and O–H groups in total. The van der Waals surface area contributed by atoms with Crippen molar-refractivity contribution in [2.24, 2.45) is 0 Å². The number of aromatic nitrogens is 7. The van der Waals surface area contributed by atoms with Crippen LogP contribution in [0.5, 0.6) is 0 Å². The summed E-state index contributed by atoms with van der Waals surface area (Å²) in [5, 5.41) is 11.8. The number of pyridine rings is 3. The number of likely N-dealkylation sites (tertiary alicyclic amines) is 1. The van der Waals surface area contributed by atoms with Crippen LogP contribution in [-0.2, 0) is 6.54 Å². The van der Waals surface area contributed by atoms with Crippen molar-refractivity contribution in [1.29, 1.82) is 0 Å². The highest BCUT2D eigenvalue weighted by molar-refractivity contribution is 7.08. The Morgan fingerprint density at radius 1 is 1.00 bits per heavy atom. The Bertz CT molecular complexity index is 1640.